The number of aromatic nitrogens is 1. The molecule has 0 unspecified atom stereocenters. The minimum absolute atomic E-state index is 0.0560. The van der Waals surface area contributed by atoms with Crippen LogP contribution in [0.3, 0.4) is 0 Å². The largest absolute Gasteiger partial charge is 0.340 e. The number of amides is 1. The number of nitrogens with zero attached hydrogens (tertiary/aromatic N) is 2. The highest BCUT2D eigenvalue weighted by atomic mass is 35.5. The van der Waals surface area contributed by atoms with Crippen LogP contribution in [0.25, 0.3) is 10.9 Å². The van der Waals surface area contributed by atoms with Crippen molar-refractivity contribution in [3.8, 4) is 0 Å². The fourth-order valence-electron chi connectivity index (χ4n) is 2.21. The average molecular weight is 275 g/mol. The number of hydrogen-bond donors (Lipinski definition) is 0. The van der Waals surface area contributed by atoms with E-state index in [9.17, 15) is 4.79 Å². The molecule has 98 valence electrons. The van der Waals surface area contributed by atoms with Gasteiger partial charge in [-0.25, -0.2) is 4.98 Å². The second-order valence-electron chi connectivity index (χ2n) is 5.14. The van der Waals surface area contributed by atoms with Crippen molar-refractivity contribution in [1.29, 1.82) is 0 Å². The molecule has 1 aromatic heterocycles. The normalized spacial score (nSPS) is 14.6. The standard InChI is InChI=1S/C15H15ClN2O/c1-18(9-10-6-7-10)15(19)14-8-12(16)11-4-2-3-5-13(11)17-14/h2-5,8,10H,6-7,9H2,1H3. The van der Waals surface area contributed by atoms with Gasteiger partial charge in [0, 0.05) is 19.0 Å². The molecule has 1 saturated carbocycles. The number of halogens is 1. The van der Waals surface area contributed by atoms with E-state index in [1.165, 1.54) is 12.8 Å². The summed E-state index contributed by atoms with van der Waals surface area (Å²) in [5.74, 6) is 0.615. The summed E-state index contributed by atoms with van der Waals surface area (Å²) in [6.07, 6.45) is 2.45. The minimum atomic E-state index is -0.0560. The van der Waals surface area contributed by atoms with Crippen LogP contribution in [-0.2, 0) is 0 Å². The topological polar surface area (TPSA) is 33.2 Å². The van der Waals surface area contributed by atoms with Crippen LogP contribution < -0.4 is 0 Å². The Hall–Kier alpha value is -1.61. The lowest BCUT2D eigenvalue weighted by molar-refractivity contribution is 0.0783. The Labute approximate surface area is 117 Å². The fraction of sp³-hybridized carbons (Fsp3) is 0.333. The summed E-state index contributed by atoms with van der Waals surface area (Å²) >= 11 is 6.22. The molecule has 0 atom stereocenters. The van der Waals surface area contributed by atoms with Gasteiger partial charge in [0.05, 0.1) is 10.5 Å². The first-order valence-electron chi connectivity index (χ1n) is 6.46. The number of para-hydroxylation sites is 1. The van der Waals surface area contributed by atoms with Gasteiger partial charge in [-0.05, 0) is 30.9 Å². The first-order valence-corrected chi connectivity index (χ1v) is 6.83. The molecule has 0 N–H and O–H groups in total. The Bertz CT molecular complexity index is 637. The first-order chi connectivity index (χ1) is 9.15. The predicted molar refractivity (Wildman–Crippen MR) is 76.4 cm³/mol. The van der Waals surface area contributed by atoms with Gasteiger partial charge in [0.25, 0.3) is 5.91 Å². The minimum Gasteiger partial charge on any atom is -0.340 e. The molecule has 1 aliphatic rings. The molecule has 0 saturated heterocycles. The molecule has 19 heavy (non-hydrogen) atoms. The van der Waals surface area contributed by atoms with E-state index >= 15 is 0 Å². The van der Waals surface area contributed by atoms with Crippen molar-refractivity contribution in [3.63, 3.8) is 0 Å². The summed E-state index contributed by atoms with van der Waals surface area (Å²) in [6.45, 7) is 0.810. The molecule has 4 heteroatoms. The van der Waals surface area contributed by atoms with Crippen molar-refractivity contribution >= 4 is 28.4 Å². The molecule has 3 rings (SSSR count). The summed E-state index contributed by atoms with van der Waals surface area (Å²) in [4.78, 5) is 18.5. The van der Waals surface area contributed by atoms with Gasteiger partial charge in [0.1, 0.15) is 5.69 Å². The number of carbonyl (C=O) groups is 1. The SMILES string of the molecule is CN(CC1CC1)C(=O)c1cc(Cl)c2ccccc2n1. The molecule has 3 nitrogen and oxygen atoms in total. The zero-order chi connectivity index (χ0) is 13.4. The van der Waals surface area contributed by atoms with Crippen LogP contribution in [0.2, 0.25) is 5.02 Å². The quantitative estimate of drug-likeness (QED) is 0.860. The van der Waals surface area contributed by atoms with Crippen molar-refractivity contribution in [1.82, 2.24) is 9.88 Å². The molecule has 0 aliphatic heterocycles. The van der Waals surface area contributed by atoms with Crippen molar-refractivity contribution < 1.29 is 4.79 Å². The van der Waals surface area contributed by atoms with Gasteiger partial charge in [-0.15, -0.1) is 0 Å². The Kier molecular flexibility index (Phi) is 3.15. The molecule has 0 radical (unpaired) electrons. The molecule has 0 bridgehead atoms. The third-order valence-corrected chi connectivity index (χ3v) is 3.77. The smallest absolute Gasteiger partial charge is 0.272 e. The summed E-state index contributed by atoms with van der Waals surface area (Å²) in [7, 11) is 1.82. The highest BCUT2D eigenvalue weighted by Gasteiger charge is 2.26. The highest BCUT2D eigenvalue weighted by molar-refractivity contribution is 6.35. The number of hydrogen-bond acceptors (Lipinski definition) is 2. The lowest BCUT2D eigenvalue weighted by Gasteiger charge is -2.16. The van der Waals surface area contributed by atoms with Gasteiger partial charge in [0.2, 0.25) is 0 Å². The van der Waals surface area contributed by atoms with E-state index in [0.29, 0.717) is 16.6 Å². The van der Waals surface area contributed by atoms with Crippen molar-refractivity contribution in [2.24, 2.45) is 5.92 Å². The number of benzene rings is 1. The molecule has 1 fully saturated rings. The van der Waals surface area contributed by atoms with Crippen LogP contribution in [0.5, 0.6) is 0 Å². The van der Waals surface area contributed by atoms with Crippen LogP contribution in [0, 0.1) is 5.92 Å². The molecular formula is C15H15ClN2O. The lowest BCUT2D eigenvalue weighted by Crippen LogP contribution is -2.29. The summed E-state index contributed by atoms with van der Waals surface area (Å²) in [6, 6.07) is 9.26. The summed E-state index contributed by atoms with van der Waals surface area (Å²) in [5, 5.41) is 1.46. The van der Waals surface area contributed by atoms with Crippen molar-refractivity contribution in [3.05, 3.63) is 41.0 Å². The maximum absolute atomic E-state index is 12.3. The molecule has 1 heterocycles. The van der Waals surface area contributed by atoms with Gasteiger partial charge in [0.15, 0.2) is 0 Å². The summed E-state index contributed by atoms with van der Waals surface area (Å²) in [5.41, 5.74) is 1.19. The Morgan fingerprint density at radius 3 is 2.89 bits per heavy atom. The van der Waals surface area contributed by atoms with E-state index in [1.54, 1.807) is 11.0 Å². The first kappa shape index (κ1) is 12.4. The third-order valence-electron chi connectivity index (χ3n) is 3.46. The summed E-state index contributed by atoms with van der Waals surface area (Å²) < 4.78 is 0. The molecule has 2 aromatic rings. The predicted octanol–water partition coefficient (Wildman–Crippen LogP) is 3.37. The zero-order valence-corrected chi connectivity index (χ0v) is 11.5. The number of rotatable bonds is 3. The Morgan fingerprint density at radius 1 is 1.42 bits per heavy atom. The Balaban J connectivity index is 1.93. The van der Waals surface area contributed by atoms with Gasteiger partial charge in [-0.1, -0.05) is 29.8 Å². The molecule has 1 aliphatic carbocycles. The average Bonchev–Trinajstić information content (AvgIpc) is 3.21. The van der Waals surface area contributed by atoms with Gasteiger partial charge in [-0.2, -0.15) is 0 Å². The third kappa shape index (κ3) is 2.56. The van der Waals surface area contributed by atoms with Crippen LogP contribution in [-0.4, -0.2) is 29.4 Å². The van der Waals surface area contributed by atoms with E-state index in [0.717, 1.165) is 17.4 Å². The highest BCUT2D eigenvalue weighted by Crippen LogP contribution is 2.30. The van der Waals surface area contributed by atoms with Crippen LogP contribution in [0.4, 0.5) is 0 Å². The molecule has 1 amide bonds. The van der Waals surface area contributed by atoms with Gasteiger partial charge >= 0.3 is 0 Å². The van der Waals surface area contributed by atoms with E-state index in [-0.39, 0.29) is 5.91 Å². The van der Waals surface area contributed by atoms with E-state index in [1.807, 2.05) is 31.3 Å². The maximum Gasteiger partial charge on any atom is 0.272 e. The molecule has 1 aromatic carbocycles. The number of fused-ring (bicyclic) bond motifs is 1. The maximum atomic E-state index is 12.3. The Morgan fingerprint density at radius 2 is 2.16 bits per heavy atom. The van der Waals surface area contributed by atoms with E-state index < -0.39 is 0 Å². The fourth-order valence-corrected chi connectivity index (χ4v) is 2.47. The molecule has 0 spiro atoms. The van der Waals surface area contributed by atoms with E-state index in [4.69, 9.17) is 11.6 Å². The number of pyridine rings is 1. The van der Waals surface area contributed by atoms with Gasteiger partial charge in [-0.3, -0.25) is 4.79 Å². The zero-order valence-electron chi connectivity index (χ0n) is 10.8. The van der Waals surface area contributed by atoms with Crippen LogP contribution in [0.15, 0.2) is 30.3 Å². The second kappa shape index (κ2) is 4.82. The molecular weight excluding hydrogens is 260 g/mol. The van der Waals surface area contributed by atoms with Crippen molar-refractivity contribution in [2.75, 3.05) is 13.6 Å². The van der Waals surface area contributed by atoms with Crippen molar-refractivity contribution in [2.45, 2.75) is 12.8 Å². The second-order valence-corrected chi connectivity index (χ2v) is 5.54. The van der Waals surface area contributed by atoms with Crippen LogP contribution in [0.1, 0.15) is 23.3 Å². The van der Waals surface area contributed by atoms with Crippen LogP contribution >= 0.6 is 11.6 Å². The lowest BCUT2D eigenvalue weighted by atomic mass is 10.2. The van der Waals surface area contributed by atoms with Gasteiger partial charge < -0.3 is 4.90 Å². The van der Waals surface area contributed by atoms with E-state index in [2.05, 4.69) is 4.98 Å². The monoisotopic (exact) mass is 274 g/mol. The number of carbonyl (C=O) groups excluding carboxylic acids is 1.